The van der Waals surface area contributed by atoms with E-state index in [1.54, 1.807) is 31.2 Å². The molecular formula is C26H27N3O8S2. The molecule has 0 saturated carbocycles. The van der Waals surface area contributed by atoms with Gasteiger partial charge in [-0.1, -0.05) is 29.5 Å². The highest BCUT2D eigenvalue weighted by atomic mass is 32.2. The average molecular weight is 574 g/mol. The van der Waals surface area contributed by atoms with E-state index in [1.165, 1.54) is 22.6 Å². The minimum Gasteiger partial charge on any atom is -0.468 e. The molecule has 206 valence electrons. The first-order valence-corrected chi connectivity index (χ1v) is 14.8. The Bertz CT molecular complexity index is 1620. The van der Waals surface area contributed by atoms with Crippen molar-refractivity contribution < 1.29 is 37.1 Å². The van der Waals surface area contributed by atoms with Gasteiger partial charge in [-0.2, -0.15) is 4.99 Å². The number of carbonyl (C=O) groups excluding carboxylic acids is 4. The molecule has 0 saturated heterocycles. The van der Waals surface area contributed by atoms with Crippen molar-refractivity contribution in [3.05, 3.63) is 58.4 Å². The molecule has 39 heavy (non-hydrogen) atoms. The monoisotopic (exact) mass is 573 g/mol. The average Bonchev–Trinajstić information content (AvgIpc) is 3.23. The molecule has 0 bridgehead atoms. The highest BCUT2D eigenvalue weighted by molar-refractivity contribution is 7.92. The summed E-state index contributed by atoms with van der Waals surface area (Å²) in [5.74, 6) is -4.55. The minimum absolute atomic E-state index is 0.0490. The first kappa shape index (κ1) is 28.2. The number of fused-ring (bicyclic) bond motifs is 2. The van der Waals surface area contributed by atoms with Gasteiger partial charge in [0.15, 0.2) is 14.6 Å². The summed E-state index contributed by atoms with van der Waals surface area (Å²) in [5, 5.41) is 0. The van der Waals surface area contributed by atoms with Gasteiger partial charge in [0.25, 0.3) is 5.91 Å². The maximum atomic E-state index is 12.9. The van der Waals surface area contributed by atoms with E-state index >= 15 is 0 Å². The number of aryl methyl sites for hydroxylation is 1. The van der Waals surface area contributed by atoms with Gasteiger partial charge in [-0.15, -0.1) is 0 Å². The van der Waals surface area contributed by atoms with Crippen molar-refractivity contribution in [3.8, 4) is 0 Å². The Morgan fingerprint density at radius 1 is 1.08 bits per heavy atom. The van der Waals surface area contributed by atoms with Crippen LogP contribution in [0, 0.1) is 0 Å². The van der Waals surface area contributed by atoms with E-state index < -0.39 is 45.1 Å². The first-order chi connectivity index (χ1) is 18.6. The largest absolute Gasteiger partial charge is 0.468 e. The Labute approximate surface area is 228 Å². The molecule has 0 atom stereocenters. The van der Waals surface area contributed by atoms with Crippen LogP contribution in [0.5, 0.6) is 0 Å². The molecule has 13 heteroatoms. The number of methoxy groups -OCH3 is 1. The zero-order valence-electron chi connectivity index (χ0n) is 21.4. The number of anilines is 1. The lowest BCUT2D eigenvalue weighted by Gasteiger charge is -2.29. The SMILES string of the molecule is CCOC(=O)c1ccc2c(c1)sc(=NC(=O)CS(=O)(=O)CC(=O)N1CCCc3ccccc31)n2CC(=O)OC. The number of esters is 2. The number of hydrogen-bond donors (Lipinski definition) is 0. The predicted molar refractivity (Wildman–Crippen MR) is 144 cm³/mol. The van der Waals surface area contributed by atoms with E-state index in [0.29, 0.717) is 28.9 Å². The Hall–Kier alpha value is -3.84. The van der Waals surface area contributed by atoms with Gasteiger partial charge in [0, 0.05) is 12.2 Å². The molecule has 2 amide bonds. The van der Waals surface area contributed by atoms with Gasteiger partial charge in [-0.3, -0.25) is 14.4 Å². The van der Waals surface area contributed by atoms with Crippen LogP contribution in [-0.2, 0) is 46.7 Å². The van der Waals surface area contributed by atoms with E-state index in [2.05, 4.69) is 4.99 Å². The lowest BCUT2D eigenvalue weighted by molar-refractivity contribution is -0.141. The molecule has 0 N–H and O–H groups in total. The van der Waals surface area contributed by atoms with Gasteiger partial charge in [0.1, 0.15) is 18.1 Å². The van der Waals surface area contributed by atoms with Crippen LogP contribution < -0.4 is 9.70 Å². The molecule has 0 unspecified atom stereocenters. The Kier molecular flexibility index (Phi) is 8.60. The number of para-hydroxylation sites is 1. The number of thiazole rings is 1. The summed E-state index contributed by atoms with van der Waals surface area (Å²) in [6.45, 7) is 1.98. The van der Waals surface area contributed by atoms with Crippen LogP contribution in [-0.4, -0.2) is 68.5 Å². The fourth-order valence-corrected chi connectivity index (χ4v) is 6.44. The van der Waals surface area contributed by atoms with Gasteiger partial charge < -0.3 is 18.9 Å². The van der Waals surface area contributed by atoms with E-state index in [9.17, 15) is 27.6 Å². The van der Waals surface area contributed by atoms with Gasteiger partial charge >= 0.3 is 11.9 Å². The standard InChI is InChI=1S/C26H27N3O8S2/c1-3-37-25(33)18-10-11-20-21(13-18)38-26(29(20)14-24(32)36-2)27-22(30)15-39(34,35)16-23(31)28-12-6-8-17-7-4-5-9-19(17)28/h4-5,7,9-11,13H,3,6,8,12,14-16H2,1-2H3. The number of nitrogens with zero attached hydrogens (tertiary/aromatic N) is 3. The fourth-order valence-electron chi connectivity index (χ4n) is 4.28. The number of ether oxygens (including phenoxy) is 2. The lowest BCUT2D eigenvalue weighted by atomic mass is 10.0. The van der Waals surface area contributed by atoms with Crippen LogP contribution in [0.3, 0.4) is 0 Å². The highest BCUT2D eigenvalue weighted by Crippen LogP contribution is 2.27. The second kappa shape index (κ2) is 11.9. The molecule has 0 radical (unpaired) electrons. The van der Waals surface area contributed by atoms with Crippen molar-refractivity contribution in [1.29, 1.82) is 0 Å². The number of rotatable bonds is 8. The molecule has 1 aromatic heterocycles. The molecule has 1 aliphatic heterocycles. The summed E-state index contributed by atoms with van der Waals surface area (Å²) in [6.07, 6.45) is 1.51. The quantitative estimate of drug-likeness (QED) is 0.372. The maximum absolute atomic E-state index is 12.9. The number of carbonyl (C=O) groups is 4. The second-order valence-electron chi connectivity index (χ2n) is 8.77. The van der Waals surface area contributed by atoms with E-state index in [0.717, 1.165) is 23.3 Å². The Morgan fingerprint density at radius 3 is 2.59 bits per heavy atom. The summed E-state index contributed by atoms with van der Waals surface area (Å²) in [7, 11) is -2.93. The zero-order valence-corrected chi connectivity index (χ0v) is 23.0. The van der Waals surface area contributed by atoms with Crippen molar-refractivity contribution >= 4 is 60.8 Å². The lowest BCUT2D eigenvalue weighted by Crippen LogP contribution is -2.40. The van der Waals surface area contributed by atoms with Crippen LogP contribution in [0.2, 0.25) is 0 Å². The van der Waals surface area contributed by atoms with Gasteiger partial charge in [-0.05, 0) is 49.6 Å². The van der Waals surface area contributed by atoms with Crippen molar-refractivity contribution in [1.82, 2.24) is 4.57 Å². The van der Waals surface area contributed by atoms with Crippen molar-refractivity contribution in [3.63, 3.8) is 0 Å². The highest BCUT2D eigenvalue weighted by Gasteiger charge is 2.28. The summed E-state index contributed by atoms with van der Waals surface area (Å²) >= 11 is 0.999. The van der Waals surface area contributed by atoms with Crippen molar-refractivity contribution in [2.45, 2.75) is 26.3 Å². The molecule has 4 rings (SSSR count). The minimum atomic E-state index is -4.14. The topological polar surface area (TPSA) is 141 Å². The molecule has 0 spiro atoms. The number of sulfone groups is 1. The number of benzene rings is 2. The van der Waals surface area contributed by atoms with Crippen molar-refractivity contribution in [2.24, 2.45) is 4.99 Å². The summed E-state index contributed by atoms with van der Waals surface area (Å²) in [5.41, 5.74) is 2.41. The normalized spacial score (nSPS) is 13.7. The third-order valence-electron chi connectivity index (χ3n) is 6.03. The van der Waals surface area contributed by atoms with Crippen LogP contribution in [0.15, 0.2) is 47.5 Å². The Balaban J connectivity index is 1.58. The van der Waals surface area contributed by atoms with E-state index in [-0.39, 0.29) is 23.5 Å². The van der Waals surface area contributed by atoms with Gasteiger partial charge in [0.2, 0.25) is 5.91 Å². The summed E-state index contributed by atoms with van der Waals surface area (Å²) in [6, 6.07) is 12.0. The van der Waals surface area contributed by atoms with Gasteiger partial charge in [0.05, 0.1) is 29.5 Å². The molecule has 0 aliphatic carbocycles. The molecule has 11 nitrogen and oxygen atoms in total. The molecule has 3 aromatic rings. The predicted octanol–water partition coefficient (Wildman–Crippen LogP) is 1.87. The third kappa shape index (κ3) is 6.60. The second-order valence-corrected chi connectivity index (χ2v) is 11.8. The van der Waals surface area contributed by atoms with Gasteiger partial charge in [-0.25, -0.2) is 13.2 Å². The number of hydrogen-bond acceptors (Lipinski definition) is 9. The van der Waals surface area contributed by atoms with Crippen LogP contribution >= 0.6 is 11.3 Å². The number of amides is 2. The molecule has 2 heterocycles. The van der Waals surface area contributed by atoms with E-state index in [1.807, 2.05) is 12.1 Å². The first-order valence-electron chi connectivity index (χ1n) is 12.2. The van der Waals surface area contributed by atoms with Crippen LogP contribution in [0.4, 0.5) is 5.69 Å². The molecule has 1 aliphatic rings. The molecular weight excluding hydrogens is 546 g/mol. The van der Waals surface area contributed by atoms with Crippen LogP contribution in [0.25, 0.3) is 10.2 Å². The fraction of sp³-hybridized carbons (Fsp3) is 0.346. The smallest absolute Gasteiger partial charge is 0.338 e. The summed E-state index contributed by atoms with van der Waals surface area (Å²) < 4.78 is 37.3. The summed E-state index contributed by atoms with van der Waals surface area (Å²) in [4.78, 5) is 55.3. The molecule has 2 aromatic carbocycles. The maximum Gasteiger partial charge on any atom is 0.338 e. The Morgan fingerprint density at radius 2 is 1.85 bits per heavy atom. The number of aromatic nitrogens is 1. The molecule has 0 fully saturated rings. The van der Waals surface area contributed by atoms with E-state index in [4.69, 9.17) is 9.47 Å². The third-order valence-corrected chi connectivity index (χ3v) is 8.44. The van der Waals surface area contributed by atoms with Crippen molar-refractivity contribution in [2.75, 3.05) is 36.7 Å². The van der Waals surface area contributed by atoms with Crippen LogP contribution in [0.1, 0.15) is 29.3 Å². The zero-order chi connectivity index (χ0) is 28.2.